The van der Waals surface area contributed by atoms with Crippen molar-refractivity contribution in [2.75, 3.05) is 65.5 Å². The molecule has 2 aliphatic rings. The molecule has 1 saturated heterocycles. The second-order valence-electron chi connectivity index (χ2n) is 12.8. The molecule has 4 heterocycles. The number of halogens is 1. The number of nitrogens with zero attached hydrogens (tertiary/aromatic N) is 6. The SMILES string of the molecule is COc1cc2nc3c(cc2c(OC)c1OC)CN(C(=O)c1nsnc1C)CCN(C(=O)Cc1cccc(F)c1)CCC(=O)NCC1CCCN3C1. The normalized spacial score (nSPS) is 17.2. The standard InChI is InChI=1S/C36H42FN7O6S/c1-22-32(41-51-40-22)36(47)44-14-13-42(31(46)16-23-7-5-9-26(37)15-23)12-10-30(45)38-19-24-8-6-11-43(20-24)35-25(21-44)17-27-28(39-35)18-29(48-2)34(50-4)33(27)49-3/h5,7,9,15,17-18,24H,6,8,10-14,16,19-21H2,1-4H3,(H,38,45). The Balaban J connectivity index is 1.45. The van der Waals surface area contributed by atoms with Crippen molar-refractivity contribution in [3.05, 3.63) is 64.7 Å². The molecule has 0 radical (unpaired) electrons. The van der Waals surface area contributed by atoms with E-state index in [4.69, 9.17) is 19.2 Å². The highest BCUT2D eigenvalue weighted by molar-refractivity contribution is 6.99. The van der Waals surface area contributed by atoms with Crippen LogP contribution in [0, 0.1) is 18.7 Å². The number of ether oxygens (including phenoxy) is 3. The van der Waals surface area contributed by atoms with Gasteiger partial charge < -0.3 is 34.2 Å². The Kier molecular flexibility index (Phi) is 11.1. The quantitative estimate of drug-likeness (QED) is 0.311. The van der Waals surface area contributed by atoms with Gasteiger partial charge in [0.15, 0.2) is 17.2 Å². The van der Waals surface area contributed by atoms with Crippen LogP contribution < -0.4 is 24.4 Å². The van der Waals surface area contributed by atoms with Crippen LogP contribution in [0.5, 0.6) is 17.2 Å². The zero-order valence-corrected chi connectivity index (χ0v) is 30.1. The van der Waals surface area contributed by atoms with Crippen molar-refractivity contribution in [3.8, 4) is 17.2 Å². The number of hydrogen-bond donors (Lipinski definition) is 1. The highest BCUT2D eigenvalue weighted by atomic mass is 32.1. The number of fused-ring (bicyclic) bond motifs is 5. The van der Waals surface area contributed by atoms with Gasteiger partial charge in [-0.1, -0.05) is 12.1 Å². The topological polar surface area (TPSA) is 139 Å². The average molecular weight is 720 g/mol. The summed E-state index contributed by atoms with van der Waals surface area (Å²) in [5.41, 5.74) is 2.65. The second kappa shape index (κ2) is 15.9. The maximum Gasteiger partial charge on any atom is 0.275 e. The van der Waals surface area contributed by atoms with Crippen molar-refractivity contribution in [1.82, 2.24) is 28.8 Å². The summed E-state index contributed by atoms with van der Waals surface area (Å²) in [7, 11) is 4.65. The predicted molar refractivity (Wildman–Crippen MR) is 190 cm³/mol. The third-order valence-electron chi connectivity index (χ3n) is 9.43. The third kappa shape index (κ3) is 7.98. The van der Waals surface area contributed by atoms with Crippen molar-refractivity contribution < 1.29 is 33.0 Å². The van der Waals surface area contributed by atoms with Crippen molar-refractivity contribution in [2.24, 2.45) is 5.92 Å². The number of benzene rings is 2. The summed E-state index contributed by atoms with van der Waals surface area (Å²) in [6.45, 7) is 4.13. The van der Waals surface area contributed by atoms with E-state index < -0.39 is 5.82 Å². The summed E-state index contributed by atoms with van der Waals surface area (Å²) in [4.78, 5) is 51.7. The van der Waals surface area contributed by atoms with E-state index in [0.29, 0.717) is 58.3 Å². The second-order valence-corrected chi connectivity index (χ2v) is 13.3. The van der Waals surface area contributed by atoms with Gasteiger partial charge in [0.25, 0.3) is 5.91 Å². The van der Waals surface area contributed by atoms with Gasteiger partial charge in [-0.25, -0.2) is 9.37 Å². The van der Waals surface area contributed by atoms with Crippen LogP contribution in [0.1, 0.15) is 46.6 Å². The molecule has 3 amide bonds. The van der Waals surface area contributed by atoms with E-state index in [-0.39, 0.29) is 68.4 Å². The number of amides is 3. The van der Waals surface area contributed by atoms with E-state index in [0.717, 1.165) is 36.7 Å². The van der Waals surface area contributed by atoms with Gasteiger partial charge in [-0.3, -0.25) is 14.4 Å². The van der Waals surface area contributed by atoms with Gasteiger partial charge in [0.2, 0.25) is 17.6 Å². The molecule has 2 aromatic carbocycles. The Morgan fingerprint density at radius 1 is 1.00 bits per heavy atom. The van der Waals surface area contributed by atoms with Crippen molar-refractivity contribution in [3.63, 3.8) is 0 Å². The van der Waals surface area contributed by atoms with E-state index in [2.05, 4.69) is 19.0 Å². The summed E-state index contributed by atoms with van der Waals surface area (Å²) in [5.74, 6) is 0.970. The van der Waals surface area contributed by atoms with E-state index >= 15 is 0 Å². The average Bonchev–Trinajstić information content (AvgIpc) is 3.57. The third-order valence-corrected chi connectivity index (χ3v) is 10.1. The van der Waals surface area contributed by atoms with Gasteiger partial charge in [0, 0.05) is 69.3 Å². The Morgan fingerprint density at radius 3 is 2.53 bits per heavy atom. The van der Waals surface area contributed by atoms with Gasteiger partial charge in [-0.15, -0.1) is 0 Å². The number of carbonyl (C=O) groups excluding carboxylic acids is 3. The molecule has 1 N–H and O–H groups in total. The lowest BCUT2D eigenvalue weighted by Gasteiger charge is -2.35. The fourth-order valence-corrected chi connectivity index (χ4v) is 7.33. The molecule has 2 aliphatic heterocycles. The maximum absolute atomic E-state index is 14.3. The molecule has 0 saturated carbocycles. The lowest BCUT2D eigenvalue weighted by atomic mass is 9.97. The fraction of sp³-hybridized carbons (Fsp3) is 0.444. The monoisotopic (exact) mass is 719 g/mol. The molecular weight excluding hydrogens is 678 g/mol. The zero-order valence-electron chi connectivity index (χ0n) is 29.2. The Morgan fingerprint density at radius 2 is 1.80 bits per heavy atom. The number of carbonyl (C=O) groups is 3. The first-order valence-corrected chi connectivity index (χ1v) is 17.7. The van der Waals surface area contributed by atoms with Crippen LogP contribution >= 0.6 is 11.7 Å². The van der Waals surface area contributed by atoms with Crippen molar-refractivity contribution in [1.29, 1.82) is 0 Å². The van der Waals surface area contributed by atoms with Crippen molar-refractivity contribution in [2.45, 2.75) is 39.2 Å². The van der Waals surface area contributed by atoms with Gasteiger partial charge in [-0.05, 0) is 49.4 Å². The molecule has 6 rings (SSSR count). The largest absolute Gasteiger partial charge is 0.493 e. The smallest absolute Gasteiger partial charge is 0.275 e. The van der Waals surface area contributed by atoms with Gasteiger partial charge in [0.05, 0.1) is 50.7 Å². The lowest BCUT2D eigenvalue weighted by Crippen LogP contribution is -2.43. The molecular formula is C36H42FN7O6S. The van der Waals surface area contributed by atoms with Crippen molar-refractivity contribution >= 4 is 46.2 Å². The first kappa shape index (κ1) is 35.8. The molecule has 2 bridgehead atoms. The number of rotatable bonds is 6. The fourth-order valence-electron chi connectivity index (χ4n) is 6.79. The van der Waals surface area contributed by atoms with Crippen LogP contribution in [-0.2, 0) is 22.6 Å². The molecule has 0 spiro atoms. The van der Waals surface area contributed by atoms with Gasteiger partial charge in [-0.2, -0.15) is 8.75 Å². The predicted octanol–water partition coefficient (Wildman–Crippen LogP) is 4.01. The first-order valence-electron chi connectivity index (χ1n) is 16.9. The Hall–Kier alpha value is -5.05. The van der Waals surface area contributed by atoms with Crippen LogP contribution in [0.3, 0.4) is 0 Å². The molecule has 15 heteroatoms. The number of methoxy groups -OCH3 is 3. The van der Waals surface area contributed by atoms with E-state index in [1.54, 1.807) is 50.2 Å². The molecule has 1 unspecified atom stereocenters. The maximum atomic E-state index is 14.3. The first-order chi connectivity index (χ1) is 24.7. The molecule has 270 valence electrons. The van der Waals surface area contributed by atoms with E-state index in [1.807, 2.05) is 12.1 Å². The Bertz CT molecular complexity index is 1920. The number of anilines is 1. The highest BCUT2D eigenvalue weighted by Gasteiger charge is 2.30. The summed E-state index contributed by atoms with van der Waals surface area (Å²) in [5, 5.41) is 3.75. The minimum Gasteiger partial charge on any atom is -0.493 e. The summed E-state index contributed by atoms with van der Waals surface area (Å²) >= 11 is 0.959. The molecule has 51 heavy (non-hydrogen) atoms. The van der Waals surface area contributed by atoms with Gasteiger partial charge in [0.1, 0.15) is 11.6 Å². The number of nitrogens with one attached hydrogen (secondary N) is 1. The number of aromatic nitrogens is 3. The minimum absolute atomic E-state index is 0.0523. The number of pyridine rings is 1. The summed E-state index contributed by atoms with van der Waals surface area (Å²) in [6.07, 6.45) is 1.86. The van der Waals surface area contributed by atoms with E-state index in [9.17, 15) is 18.8 Å². The molecule has 13 nitrogen and oxygen atoms in total. The van der Waals surface area contributed by atoms with Crippen LogP contribution in [0.4, 0.5) is 10.2 Å². The number of piperidine rings is 1. The van der Waals surface area contributed by atoms with Crippen LogP contribution in [0.2, 0.25) is 0 Å². The lowest BCUT2D eigenvalue weighted by molar-refractivity contribution is -0.131. The van der Waals surface area contributed by atoms with Crippen LogP contribution in [0.15, 0.2) is 36.4 Å². The van der Waals surface area contributed by atoms with Gasteiger partial charge >= 0.3 is 0 Å². The number of hydrogen-bond acceptors (Lipinski definition) is 11. The highest BCUT2D eigenvalue weighted by Crippen LogP contribution is 2.44. The molecule has 4 aromatic rings. The zero-order chi connectivity index (χ0) is 36.1. The minimum atomic E-state index is -0.436. The molecule has 0 aliphatic carbocycles. The Labute approximate surface area is 300 Å². The molecule has 1 fully saturated rings. The molecule has 2 aromatic heterocycles. The van der Waals surface area contributed by atoms with E-state index in [1.165, 1.54) is 12.1 Å². The van der Waals surface area contributed by atoms with Crippen LogP contribution in [0.25, 0.3) is 10.9 Å². The molecule has 1 atom stereocenters. The summed E-state index contributed by atoms with van der Waals surface area (Å²) in [6, 6.07) is 9.68. The number of aryl methyl sites for hydroxylation is 1. The van der Waals surface area contributed by atoms with Crippen LogP contribution in [-0.4, -0.2) is 102 Å². The summed E-state index contributed by atoms with van der Waals surface area (Å²) < 4.78 is 39.7.